The van der Waals surface area contributed by atoms with E-state index in [0.717, 1.165) is 18.7 Å². The second-order valence-corrected chi connectivity index (χ2v) is 6.41. The third-order valence-electron chi connectivity index (χ3n) is 3.07. The Morgan fingerprint density at radius 1 is 1.43 bits per heavy atom. The smallest absolute Gasteiger partial charge is 0.243 e. The number of nitrogens with zero attached hydrogens (tertiary/aromatic N) is 2. The van der Waals surface area contributed by atoms with Crippen molar-refractivity contribution in [1.29, 1.82) is 0 Å². The summed E-state index contributed by atoms with van der Waals surface area (Å²) in [6, 6.07) is 3.82. The first-order valence-electron chi connectivity index (χ1n) is 7.30. The molecule has 132 valence electrons. The van der Waals surface area contributed by atoms with Crippen molar-refractivity contribution in [3.05, 3.63) is 24.2 Å². The van der Waals surface area contributed by atoms with Crippen LogP contribution in [0.5, 0.6) is 0 Å². The summed E-state index contributed by atoms with van der Waals surface area (Å²) >= 11 is 1.78. The van der Waals surface area contributed by atoms with Crippen LogP contribution in [0.25, 0.3) is 0 Å². The van der Waals surface area contributed by atoms with Crippen molar-refractivity contribution >= 4 is 47.6 Å². The minimum absolute atomic E-state index is 0. The van der Waals surface area contributed by atoms with E-state index in [4.69, 9.17) is 4.42 Å². The van der Waals surface area contributed by atoms with Crippen molar-refractivity contribution in [2.45, 2.75) is 18.6 Å². The zero-order valence-corrected chi connectivity index (χ0v) is 17.3. The molecule has 0 aromatic carbocycles. The highest BCUT2D eigenvalue weighted by Gasteiger charge is 2.06. The van der Waals surface area contributed by atoms with Crippen LogP contribution in [-0.4, -0.2) is 62.0 Å². The Bertz CT molecular complexity index is 466. The molecule has 2 N–H and O–H groups in total. The lowest BCUT2D eigenvalue weighted by Gasteiger charge is -2.15. The molecule has 0 saturated heterocycles. The van der Waals surface area contributed by atoms with Gasteiger partial charge in [0, 0.05) is 38.9 Å². The van der Waals surface area contributed by atoms with Gasteiger partial charge in [0.15, 0.2) is 5.96 Å². The highest BCUT2D eigenvalue weighted by Crippen LogP contribution is 2.02. The summed E-state index contributed by atoms with van der Waals surface area (Å²) < 4.78 is 5.30. The molecule has 0 spiro atoms. The topological polar surface area (TPSA) is 69.9 Å². The van der Waals surface area contributed by atoms with Gasteiger partial charge >= 0.3 is 0 Å². The van der Waals surface area contributed by atoms with Gasteiger partial charge in [0.2, 0.25) is 5.91 Å². The van der Waals surface area contributed by atoms with E-state index in [2.05, 4.69) is 28.8 Å². The summed E-state index contributed by atoms with van der Waals surface area (Å²) in [4.78, 5) is 17.5. The minimum atomic E-state index is -0.0231. The number of carbonyl (C=O) groups is 1. The summed E-state index contributed by atoms with van der Waals surface area (Å²) in [6.07, 6.45) is 4.51. The van der Waals surface area contributed by atoms with Crippen molar-refractivity contribution < 1.29 is 9.21 Å². The molecule has 0 aliphatic heterocycles. The lowest BCUT2D eigenvalue weighted by Crippen LogP contribution is -2.41. The minimum Gasteiger partial charge on any atom is -0.469 e. The van der Waals surface area contributed by atoms with Gasteiger partial charge in [-0.15, -0.1) is 24.0 Å². The van der Waals surface area contributed by atoms with Crippen molar-refractivity contribution in [1.82, 2.24) is 15.5 Å². The van der Waals surface area contributed by atoms with E-state index in [1.165, 1.54) is 4.90 Å². The fourth-order valence-corrected chi connectivity index (χ4v) is 1.80. The molecular weight excluding hydrogens is 427 g/mol. The third-order valence-corrected chi connectivity index (χ3v) is 4.05. The number of nitrogens with one attached hydrogen (secondary N) is 2. The van der Waals surface area contributed by atoms with E-state index in [-0.39, 0.29) is 36.4 Å². The Balaban J connectivity index is 0.00000484. The van der Waals surface area contributed by atoms with Gasteiger partial charge in [0.05, 0.1) is 6.26 Å². The van der Waals surface area contributed by atoms with Crippen LogP contribution in [0.3, 0.4) is 0 Å². The second-order valence-electron chi connectivity index (χ2n) is 5.14. The number of furan rings is 1. The molecule has 0 bridgehead atoms. The number of rotatable bonds is 8. The van der Waals surface area contributed by atoms with Crippen LogP contribution in [0.4, 0.5) is 0 Å². The summed E-state index contributed by atoms with van der Waals surface area (Å²) in [7, 11) is 3.45. The number of hydrogen-bond acceptors (Lipinski definition) is 4. The van der Waals surface area contributed by atoms with Crippen LogP contribution >= 0.6 is 35.7 Å². The van der Waals surface area contributed by atoms with Gasteiger partial charge in [-0.05, 0) is 18.4 Å². The summed E-state index contributed by atoms with van der Waals surface area (Å²) in [5, 5.41) is 6.97. The number of hydrogen-bond donors (Lipinski definition) is 2. The molecule has 23 heavy (non-hydrogen) atoms. The van der Waals surface area contributed by atoms with Crippen molar-refractivity contribution in [3.63, 3.8) is 0 Å². The number of aliphatic imine (C=N–C) groups is 1. The zero-order chi connectivity index (χ0) is 16.4. The first-order chi connectivity index (χ1) is 10.5. The molecule has 1 rings (SSSR count). The van der Waals surface area contributed by atoms with Crippen molar-refractivity contribution in [3.8, 4) is 0 Å². The molecule has 8 heteroatoms. The fourth-order valence-electron chi connectivity index (χ4n) is 1.55. The molecule has 1 heterocycles. The van der Waals surface area contributed by atoms with Gasteiger partial charge in [-0.1, -0.05) is 6.92 Å². The SMILES string of the molecule is CSC(C)CNC(=NCC(=O)N(C)C)NCCc1ccco1.I. The molecule has 0 saturated carbocycles. The number of carbonyl (C=O) groups excluding carboxylic acids is 1. The van der Waals surface area contributed by atoms with E-state index < -0.39 is 0 Å². The first-order valence-corrected chi connectivity index (χ1v) is 8.59. The van der Waals surface area contributed by atoms with E-state index in [9.17, 15) is 4.79 Å². The highest BCUT2D eigenvalue weighted by atomic mass is 127. The molecule has 0 aliphatic carbocycles. The maximum Gasteiger partial charge on any atom is 0.243 e. The maximum absolute atomic E-state index is 11.6. The van der Waals surface area contributed by atoms with Gasteiger partial charge < -0.3 is 20.0 Å². The average Bonchev–Trinajstić information content (AvgIpc) is 3.01. The number of amides is 1. The predicted octanol–water partition coefficient (Wildman–Crippen LogP) is 1.81. The Hall–Kier alpha value is -0.900. The number of thioether (sulfide) groups is 1. The summed E-state index contributed by atoms with van der Waals surface area (Å²) in [5.41, 5.74) is 0. The number of halogens is 1. The highest BCUT2D eigenvalue weighted by molar-refractivity contribution is 14.0. The van der Waals surface area contributed by atoms with Crippen LogP contribution in [0.2, 0.25) is 0 Å². The van der Waals surface area contributed by atoms with Crippen molar-refractivity contribution in [2.24, 2.45) is 4.99 Å². The Labute approximate surface area is 159 Å². The number of likely N-dealkylation sites (N-methyl/N-ethyl adjacent to an activating group) is 1. The van der Waals surface area contributed by atoms with Crippen LogP contribution in [0, 0.1) is 0 Å². The molecule has 0 radical (unpaired) electrons. The Kier molecular flexibility index (Phi) is 12.0. The van der Waals surface area contributed by atoms with Crippen LogP contribution < -0.4 is 10.6 Å². The average molecular weight is 454 g/mol. The van der Waals surface area contributed by atoms with Gasteiger partial charge in [-0.3, -0.25) is 4.79 Å². The normalized spacial score (nSPS) is 12.3. The van der Waals surface area contributed by atoms with E-state index in [0.29, 0.717) is 17.8 Å². The van der Waals surface area contributed by atoms with Gasteiger partial charge in [0.1, 0.15) is 12.3 Å². The van der Waals surface area contributed by atoms with E-state index in [1.807, 2.05) is 12.1 Å². The molecule has 1 unspecified atom stereocenters. The van der Waals surface area contributed by atoms with Gasteiger partial charge in [0.25, 0.3) is 0 Å². The largest absolute Gasteiger partial charge is 0.469 e. The Morgan fingerprint density at radius 2 is 2.17 bits per heavy atom. The monoisotopic (exact) mass is 454 g/mol. The molecule has 1 aromatic rings. The zero-order valence-electron chi connectivity index (χ0n) is 14.2. The fraction of sp³-hybridized carbons (Fsp3) is 0.600. The molecule has 1 atom stereocenters. The van der Waals surface area contributed by atoms with Crippen LogP contribution in [-0.2, 0) is 11.2 Å². The third kappa shape index (κ3) is 9.75. The van der Waals surface area contributed by atoms with Crippen LogP contribution in [0.1, 0.15) is 12.7 Å². The molecule has 1 aromatic heterocycles. The van der Waals surface area contributed by atoms with E-state index >= 15 is 0 Å². The van der Waals surface area contributed by atoms with Gasteiger partial charge in [-0.2, -0.15) is 11.8 Å². The lowest BCUT2D eigenvalue weighted by molar-refractivity contribution is -0.127. The standard InChI is InChI=1S/C15H26N4O2S.HI/c1-12(22-4)10-17-15(18-11-14(20)19(2)3)16-8-7-13-6-5-9-21-13;/h5-6,9,12H,7-8,10-11H2,1-4H3,(H2,16,17,18);1H. The summed E-state index contributed by atoms with van der Waals surface area (Å²) in [5.74, 6) is 1.56. The predicted molar refractivity (Wildman–Crippen MR) is 108 cm³/mol. The Morgan fingerprint density at radius 3 is 2.74 bits per heavy atom. The molecular formula is C15H27IN4O2S. The molecule has 6 nitrogen and oxygen atoms in total. The first kappa shape index (κ1) is 22.1. The van der Waals surface area contributed by atoms with Crippen molar-refractivity contribution in [2.75, 3.05) is 40.0 Å². The van der Waals surface area contributed by atoms with Crippen LogP contribution in [0.15, 0.2) is 27.8 Å². The molecule has 0 aliphatic rings. The number of guanidine groups is 1. The maximum atomic E-state index is 11.6. The summed E-state index contributed by atoms with van der Waals surface area (Å²) in [6.45, 7) is 3.77. The molecule has 0 fully saturated rings. The van der Waals surface area contributed by atoms with Gasteiger partial charge in [-0.25, -0.2) is 4.99 Å². The second kappa shape index (κ2) is 12.5. The lowest BCUT2D eigenvalue weighted by atomic mass is 10.3. The molecule has 1 amide bonds. The quantitative estimate of drug-likeness (QED) is 0.356. The van der Waals surface area contributed by atoms with E-state index in [1.54, 1.807) is 32.1 Å².